The Morgan fingerprint density at radius 3 is 2.50 bits per heavy atom. The molecule has 0 aromatic rings. The highest BCUT2D eigenvalue weighted by Gasteiger charge is 2.55. The van der Waals surface area contributed by atoms with Gasteiger partial charge in [-0.1, -0.05) is 6.42 Å². The van der Waals surface area contributed by atoms with Gasteiger partial charge in [0.2, 0.25) is 17.7 Å². The molecule has 0 unspecified atom stereocenters. The zero-order chi connectivity index (χ0) is 17.7. The summed E-state index contributed by atoms with van der Waals surface area (Å²) in [5, 5.41) is 14.7. The van der Waals surface area contributed by atoms with Crippen molar-refractivity contribution in [1.29, 1.82) is 0 Å². The average molecular weight is 339 g/mol. The summed E-state index contributed by atoms with van der Waals surface area (Å²) in [4.78, 5) is 47.8. The number of nitrogens with one attached hydrogen (secondary N) is 2. The second-order valence-electron chi connectivity index (χ2n) is 6.66. The van der Waals surface area contributed by atoms with E-state index in [1.807, 2.05) is 0 Å². The molecule has 2 atom stereocenters. The molecule has 134 valence electrons. The number of carbonyl (C=O) groups excluding carboxylic acids is 3. The Balaban J connectivity index is 1.73. The van der Waals surface area contributed by atoms with Crippen LogP contribution in [-0.4, -0.2) is 59.9 Å². The molecule has 8 nitrogen and oxygen atoms in total. The first-order valence-electron chi connectivity index (χ1n) is 8.37. The maximum atomic E-state index is 12.3. The molecule has 2 rings (SSSR count). The Bertz CT molecular complexity index is 536. The van der Waals surface area contributed by atoms with Gasteiger partial charge in [-0.3, -0.25) is 19.2 Å². The molecule has 2 fully saturated rings. The highest BCUT2D eigenvalue weighted by atomic mass is 16.4. The number of carboxylic acid groups (broad SMARTS) is 1. The highest BCUT2D eigenvalue weighted by molar-refractivity contribution is 5.85. The van der Waals surface area contributed by atoms with Gasteiger partial charge >= 0.3 is 5.97 Å². The average Bonchev–Trinajstić information content (AvgIpc) is 3.07. The topological polar surface area (TPSA) is 116 Å². The van der Waals surface area contributed by atoms with Crippen molar-refractivity contribution in [3.8, 4) is 0 Å². The summed E-state index contributed by atoms with van der Waals surface area (Å²) in [7, 11) is 0. The zero-order valence-electron chi connectivity index (χ0n) is 14.0. The van der Waals surface area contributed by atoms with E-state index >= 15 is 0 Å². The zero-order valence-corrected chi connectivity index (χ0v) is 14.0. The predicted molar refractivity (Wildman–Crippen MR) is 84.9 cm³/mol. The molecule has 1 aliphatic carbocycles. The Morgan fingerprint density at radius 1 is 1.17 bits per heavy atom. The lowest BCUT2D eigenvalue weighted by Crippen LogP contribution is -2.38. The Hall–Kier alpha value is -2.12. The lowest BCUT2D eigenvalue weighted by atomic mass is 9.81. The third-order valence-electron chi connectivity index (χ3n) is 5.04. The van der Waals surface area contributed by atoms with E-state index in [1.165, 1.54) is 6.92 Å². The fourth-order valence-electron chi connectivity index (χ4n) is 3.74. The van der Waals surface area contributed by atoms with Crippen molar-refractivity contribution in [2.24, 2.45) is 11.3 Å². The van der Waals surface area contributed by atoms with E-state index in [4.69, 9.17) is 0 Å². The molecule has 1 heterocycles. The van der Waals surface area contributed by atoms with Gasteiger partial charge in [-0.2, -0.15) is 0 Å². The molecule has 0 radical (unpaired) electrons. The quantitative estimate of drug-likeness (QED) is 0.552. The number of aliphatic carboxylic acids is 1. The van der Waals surface area contributed by atoms with E-state index in [0.717, 1.165) is 12.8 Å². The molecule has 24 heavy (non-hydrogen) atoms. The number of fused-ring (bicyclic) bond motifs is 1. The number of likely N-dealkylation sites (tertiary alicyclic amines) is 1. The van der Waals surface area contributed by atoms with Crippen LogP contribution in [0.3, 0.4) is 0 Å². The van der Waals surface area contributed by atoms with Crippen LogP contribution in [0.25, 0.3) is 0 Å². The maximum Gasteiger partial charge on any atom is 0.311 e. The minimum atomic E-state index is -0.809. The van der Waals surface area contributed by atoms with Crippen molar-refractivity contribution < 1.29 is 24.3 Å². The molecule has 2 aliphatic rings. The number of carboxylic acids is 1. The molecule has 3 N–H and O–H groups in total. The first-order valence-corrected chi connectivity index (χ1v) is 8.37. The molecule has 0 bridgehead atoms. The van der Waals surface area contributed by atoms with Crippen molar-refractivity contribution in [2.45, 2.75) is 39.0 Å². The fourth-order valence-corrected chi connectivity index (χ4v) is 3.74. The third kappa shape index (κ3) is 4.04. The normalized spacial score (nSPS) is 25.2. The predicted octanol–water partition coefficient (Wildman–Crippen LogP) is -0.268. The molecule has 8 heteroatoms. The van der Waals surface area contributed by atoms with Gasteiger partial charge in [-0.15, -0.1) is 0 Å². The number of carbonyl (C=O) groups is 4. The van der Waals surface area contributed by atoms with Crippen LogP contribution >= 0.6 is 0 Å². The standard InChI is InChI=1S/C16H25N3O5/c1-11(20)17-7-8-18-13(21)4-5-14(22)19-9-12-3-2-6-16(12,10-19)15(23)24/h12H,2-10H2,1H3,(H,17,20)(H,18,21)(H,23,24)/t12-,16+/m0/s1. The summed E-state index contributed by atoms with van der Waals surface area (Å²) >= 11 is 0. The third-order valence-corrected chi connectivity index (χ3v) is 5.04. The molecule has 1 aliphatic heterocycles. The van der Waals surface area contributed by atoms with Crippen LogP contribution in [0.1, 0.15) is 39.0 Å². The summed E-state index contributed by atoms with van der Waals surface area (Å²) in [5.74, 6) is -1.35. The first-order chi connectivity index (χ1) is 11.3. The SMILES string of the molecule is CC(=O)NCCNC(=O)CCC(=O)N1C[C@@H]2CCC[C@@]2(C(=O)O)C1. The van der Waals surface area contributed by atoms with Crippen LogP contribution in [0.4, 0.5) is 0 Å². The van der Waals surface area contributed by atoms with Crippen LogP contribution in [0.5, 0.6) is 0 Å². The van der Waals surface area contributed by atoms with Crippen LogP contribution in [-0.2, 0) is 19.2 Å². The lowest BCUT2D eigenvalue weighted by molar-refractivity contribution is -0.149. The number of rotatable bonds is 7. The monoisotopic (exact) mass is 339 g/mol. The van der Waals surface area contributed by atoms with Crippen LogP contribution in [0.15, 0.2) is 0 Å². The summed E-state index contributed by atoms with van der Waals surface area (Å²) in [5.41, 5.74) is -0.781. The van der Waals surface area contributed by atoms with E-state index < -0.39 is 11.4 Å². The number of hydrogen-bond acceptors (Lipinski definition) is 4. The molecular formula is C16H25N3O5. The number of amides is 3. The smallest absolute Gasteiger partial charge is 0.311 e. The van der Waals surface area contributed by atoms with Crippen molar-refractivity contribution in [3.63, 3.8) is 0 Å². The molecule has 0 aromatic heterocycles. The largest absolute Gasteiger partial charge is 0.481 e. The van der Waals surface area contributed by atoms with Crippen LogP contribution in [0, 0.1) is 11.3 Å². The second kappa shape index (κ2) is 7.63. The minimum Gasteiger partial charge on any atom is -0.481 e. The Kier molecular flexibility index (Phi) is 5.80. The molecular weight excluding hydrogens is 314 g/mol. The minimum absolute atomic E-state index is 0.0328. The van der Waals surface area contributed by atoms with Crippen molar-refractivity contribution in [3.05, 3.63) is 0 Å². The maximum absolute atomic E-state index is 12.3. The van der Waals surface area contributed by atoms with Crippen LogP contribution < -0.4 is 10.6 Å². The summed E-state index contributed by atoms with van der Waals surface area (Å²) in [6.45, 7) is 2.81. The second-order valence-corrected chi connectivity index (χ2v) is 6.66. The van der Waals surface area contributed by atoms with Gasteiger partial charge in [0.1, 0.15) is 0 Å². The van der Waals surface area contributed by atoms with E-state index in [2.05, 4.69) is 10.6 Å². The number of hydrogen-bond donors (Lipinski definition) is 3. The summed E-state index contributed by atoms with van der Waals surface area (Å²) in [6.07, 6.45) is 2.52. The summed E-state index contributed by atoms with van der Waals surface area (Å²) in [6, 6.07) is 0. The molecule has 1 saturated heterocycles. The van der Waals surface area contributed by atoms with E-state index in [1.54, 1.807) is 4.90 Å². The van der Waals surface area contributed by atoms with Crippen molar-refractivity contribution >= 4 is 23.7 Å². The van der Waals surface area contributed by atoms with E-state index in [-0.39, 0.29) is 43.0 Å². The molecule has 0 aromatic carbocycles. The lowest BCUT2D eigenvalue weighted by Gasteiger charge is -2.23. The highest BCUT2D eigenvalue weighted by Crippen LogP contribution is 2.48. The first kappa shape index (κ1) is 18.2. The van der Waals surface area contributed by atoms with Gasteiger partial charge in [0.15, 0.2) is 0 Å². The van der Waals surface area contributed by atoms with Gasteiger partial charge in [-0.05, 0) is 18.8 Å². The van der Waals surface area contributed by atoms with Gasteiger partial charge in [-0.25, -0.2) is 0 Å². The van der Waals surface area contributed by atoms with Crippen LogP contribution in [0.2, 0.25) is 0 Å². The van der Waals surface area contributed by atoms with E-state index in [9.17, 15) is 24.3 Å². The van der Waals surface area contributed by atoms with Gasteiger partial charge < -0.3 is 20.6 Å². The molecule has 0 spiro atoms. The summed E-state index contributed by atoms with van der Waals surface area (Å²) < 4.78 is 0. The van der Waals surface area contributed by atoms with Gasteiger partial charge in [0.25, 0.3) is 0 Å². The Morgan fingerprint density at radius 2 is 1.88 bits per heavy atom. The van der Waals surface area contributed by atoms with E-state index in [0.29, 0.717) is 26.1 Å². The molecule has 1 saturated carbocycles. The fraction of sp³-hybridized carbons (Fsp3) is 0.750. The Labute approximate surface area is 141 Å². The van der Waals surface area contributed by atoms with Gasteiger partial charge in [0, 0.05) is 45.9 Å². The van der Waals surface area contributed by atoms with Crippen molar-refractivity contribution in [2.75, 3.05) is 26.2 Å². The van der Waals surface area contributed by atoms with Gasteiger partial charge in [0.05, 0.1) is 5.41 Å². The van der Waals surface area contributed by atoms with Crippen molar-refractivity contribution in [1.82, 2.24) is 15.5 Å². The number of nitrogens with zero attached hydrogens (tertiary/aromatic N) is 1. The molecule has 3 amide bonds.